The summed E-state index contributed by atoms with van der Waals surface area (Å²) in [5, 5.41) is 7.42. The Balaban J connectivity index is 1.26. The van der Waals surface area contributed by atoms with Gasteiger partial charge in [-0.1, -0.05) is 115 Å². The van der Waals surface area contributed by atoms with Crippen LogP contribution in [0.25, 0.3) is 54.6 Å². The van der Waals surface area contributed by atoms with Crippen LogP contribution in [0.4, 0.5) is 0 Å². The minimum absolute atomic E-state index is 0.0626. The van der Waals surface area contributed by atoms with Crippen LogP contribution in [0.3, 0.4) is 0 Å². The molecule has 0 bridgehead atoms. The van der Waals surface area contributed by atoms with Gasteiger partial charge in [0, 0.05) is 5.46 Å². The number of para-hydroxylation sites is 2. The van der Waals surface area contributed by atoms with Gasteiger partial charge in [0.05, 0.1) is 0 Å². The third-order valence-corrected chi connectivity index (χ3v) is 9.57. The summed E-state index contributed by atoms with van der Waals surface area (Å²) in [4.78, 5) is 0. The molecule has 0 saturated heterocycles. The van der Waals surface area contributed by atoms with Gasteiger partial charge in [-0.2, -0.15) is 0 Å². The predicted molar refractivity (Wildman–Crippen MR) is 188 cm³/mol. The van der Waals surface area contributed by atoms with E-state index in [9.17, 15) is 0 Å². The van der Waals surface area contributed by atoms with Crippen LogP contribution >= 0.6 is 0 Å². The minimum atomic E-state index is 0.0626. The number of rotatable bonds is 2. The summed E-state index contributed by atoms with van der Waals surface area (Å²) in [5.74, 6) is 3.51. The van der Waals surface area contributed by atoms with E-state index in [1.54, 1.807) is 0 Å². The summed E-state index contributed by atoms with van der Waals surface area (Å²) in [6.07, 6.45) is 0. The number of ether oxygens (including phenoxy) is 2. The first-order valence-corrected chi connectivity index (χ1v) is 15.5. The van der Waals surface area contributed by atoms with E-state index in [0.717, 1.165) is 39.6 Å². The van der Waals surface area contributed by atoms with Crippen molar-refractivity contribution in [1.29, 1.82) is 0 Å². The fraction of sp³-hybridized carbons (Fsp3) is 0. The standard InChI is InChI=1S/C42H25BO2/c1-2-12-26(13-3-1)32-24-34-31-17-7-5-15-29(31)33(25-35(34)30-16-6-4-14-28(30)32)27-22-40-42-41(23-27)45-39-21-11-9-19-37(39)43(42)36-18-8-10-20-38(36)44-40/h1-25H. The first-order valence-electron chi connectivity index (χ1n) is 15.5. The summed E-state index contributed by atoms with van der Waals surface area (Å²) in [6, 6.07) is 54.2. The van der Waals surface area contributed by atoms with E-state index in [0.29, 0.717) is 0 Å². The van der Waals surface area contributed by atoms with E-state index in [4.69, 9.17) is 9.47 Å². The van der Waals surface area contributed by atoms with E-state index < -0.39 is 0 Å². The lowest BCUT2D eigenvalue weighted by Crippen LogP contribution is -2.57. The van der Waals surface area contributed by atoms with Gasteiger partial charge in [0.1, 0.15) is 23.0 Å². The first kappa shape index (κ1) is 24.6. The third kappa shape index (κ3) is 3.58. The van der Waals surface area contributed by atoms with Crippen molar-refractivity contribution in [3.8, 4) is 45.3 Å². The molecule has 3 heteroatoms. The fourth-order valence-electron chi connectivity index (χ4n) is 7.60. The first-order chi connectivity index (χ1) is 22.3. The number of hydrogen-bond donors (Lipinski definition) is 0. The second-order valence-corrected chi connectivity index (χ2v) is 12.0. The topological polar surface area (TPSA) is 18.5 Å². The lowest BCUT2D eigenvalue weighted by atomic mass is 9.35. The van der Waals surface area contributed by atoms with Crippen molar-refractivity contribution in [3.05, 3.63) is 152 Å². The predicted octanol–water partition coefficient (Wildman–Crippen LogP) is 9.21. The van der Waals surface area contributed by atoms with Crippen molar-refractivity contribution in [2.24, 2.45) is 0 Å². The van der Waals surface area contributed by atoms with Crippen molar-refractivity contribution in [2.45, 2.75) is 0 Å². The molecule has 2 nitrogen and oxygen atoms in total. The molecule has 0 N–H and O–H groups in total. The van der Waals surface area contributed by atoms with Gasteiger partial charge in [-0.3, -0.25) is 0 Å². The molecule has 45 heavy (non-hydrogen) atoms. The lowest BCUT2D eigenvalue weighted by molar-refractivity contribution is 0.465. The van der Waals surface area contributed by atoms with Gasteiger partial charge in [0.25, 0.3) is 6.71 Å². The molecule has 0 radical (unpaired) electrons. The molecule has 208 valence electrons. The summed E-state index contributed by atoms with van der Waals surface area (Å²) < 4.78 is 13.3. The molecule has 2 aliphatic rings. The average Bonchev–Trinajstić information content (AvgIpc) is 3.11. The Morgan fingerprint density at radius 2 is 0.778 bits per heavy atom. The fourth-order valence-corrected chi connectivity index (χ4v) is 7.60. The Labute approximate surface area is 261 Å². The molecule has 0 spiro atoms. The van der Waals surface area contributed by atoms with E-state index in [2.05, 4.69) is 140 Å². The molecule has 0 aliphatic carbocycles. The van der Waals surface area contributed by atoms with Crippen LogP contribution in [0.2, 0.25) is 0 Å². The third-order valence-electron chi connectivity index (χ3n) is 9.57. The highest BCUT2D eigenvalue weighted by atomic mass is 16.5. The Morgan fingerprint density at radius 3 is 1.33 bits per heavy atom. The zero-order valence-corrected chi connectivity index (χ0v) is 24.3. The molecule has 0 aromatic heterocycles. The van der Waals surface area contributed by atoms with Crippen LogP contribution in [-0.2, 0) is 0 Å². The molecule has 8 aromatic carbocycles. The Kier molecular flexibility index (Phi) is 5.12. The van der Waals surface area contributed by atoms with Crippen molar-refractivity contribution in [2.75, 3.05) is 0 Å². The smallest absolute Gasteiger partial charge is 0.260 e. The van der Waals surface area contributed by atoms with Gasteiger partial charge in [-0.25, -0.2) is 0 Å². The second-order valence-electron chi connectivity index (χ2n) is 12.0. The highest BCUT2D eigenvalue weighted by Gasteiger charge is 2.40. The molecule has 2 heterocycles. The number of fused-ring (bicyclic) bond motifs is 9. The highest BCUT2D eigenvalue weighted by molar-refractivity contribution is 6.98. The maximum atomic E-state index is 6.66. The van der Waals surface area contributed by atoms with Crippen LogP contribution in [0.5, 0.6) is 23.0 Å². The molecule has 0 atom stereocenters. The van der Waals surface area contributed by atoms with Crippen LogP contribution in [-0.4, -0.2) is 6.71 Å². The van der Waals surface area contributed by atoms with Gasteiger partial charge >= 0.3 is 0 Å². The number of hydrogen-bond acceptors (Lipinski definition) is 2. The Morgan fingerprint density at radius 1 is 0.333 bits per heavy atom. The molecule has 0 unspecified atom stereocenters. The maximum absolute atomic E-state index is 6.66. The maximum Gasteiger partial charge on any atom is 0.260 e. The van der Waals surface area contributed by atoms with Crippen LogP contribution in [0, 0.1) is 0 Å². The summed E-state index contributed by atoms with van der Waals surface area (Å²) in [6.45, 7) is 0.0626. The van der Waals surface area contributed by atoms with E-state index in [1.807, 2.05) is 12.1 Å². The second kappa shape index (κ2) is 9.35. The van der Waals surface area contributed by atoms with E-state index >= 15 is 0 Å². The lowest BCUT2D eigenvalue weighted by Gasteiger charge is -2.33. The van der Waals surface area contributed by atoms with Gasteiger partial charge in [0.2, 0.25) is 0 Å². The largest absolute Gasteiger partial charge is 0.458 e. The molecule has 0 fully saturated rings. The molecular formula is C42H25BO2. The molecule has 10 rings (SSSR count). The van der Waals surface area contributed by atoms with Gasteiger partial charge < -0.3 is 9.47 Å². The molecule has 0 amide bonds. The van der Waals surface area contributed by atoms with Crippen molar-refractivity contribution in [1.82, 2.24) is 0 Å². The summed E-state index contributed by atoms with van der Waals surface area (Å²) >= 11 is 0. The van der Waals surface area contributed by atoms with E-state index in [-0.39, 0.29) is 6.71 Å². The highest BCUT2D eigenvalue weighted by Crippen LogP contribution is 2.44. The molecular weight excluding hydrogens is 547 g/mol. The SMILES string of the molecule is c1ccc(-c2cc3c4ccccc4c(-c4cc5c6c(c4)Oc4ccccc4B6c4ccccc4O5)cc3c3ccccc23)cc1. The molecule has 8 aromatic rings. The Bertz CT molecular complexity index is 2430. The molecule has 2 aliphatic heterocycles. The van der Waals surface area contributed by atoms with Gasteiger partial charge in [-0.15, -0.1) is 0 Å². The zero-order chi connectivity index (χ0) is 29.5. The summed E-state index contributed by atoms with van der Waals surface area (Å²) in [5.41, 5.74) is 8.16. The normalized spacial score (nSPS) is 12.8. The van der Waals surface area contributed by atoms with Crippen molar-refractivity contribution >= 4 is 55.4 Å². The van der Waals surface area contributed by atoms with Gasteiger partial charge in [-0.05, 0) is 102 Å². The van der Waals surface area contributed by atoms with Crippen molar-refractivity contribution in [3.63, 3.8) is 0 Å². The average molecular weight is 572 g/mol. The minimum Gasteiger partial charge on any atom is -0.458 e. The van der Waals surface area contributed by atoms with E-state index in [1.165, 1.54) is 54.4 Å². The van der Waals surface area contributed by atoms with Crippen molar-refractivity contribution < 1.29 is 9.47 Å². The Hall–Kier alpha value is -5.80. The zero-order valence-electron chi connectivity index (χ0n) is 24.3. The van der Waals surface area contributed by atoms with Crippen LogP contribution in [0.1, 0.15) is 0 Å². The molecule has 0 saturated carbocycles. The van der Waals surface area contributed by atoms with Gasteiger partial charge in [0.15, 0.2) is 0 Å². The van der Waals surface area contributed by atoms with Crippen LogP contribution < -0.4 is 25.9 Å². The monoisotopic (exact) mass is 572 g/mol. The quantitative estimate of drug-likeness (QED) is 0.152. The summed E-state index contributed by atoms with van der Waals surface area (Å²) in [7, 11) is 0. The van der Waals surface area contributed by atoms with Crippen LogP contribution in [0.15, 0.2) is 152 Å². The number of benzene rings is 8.